The van der Waals surface area contributed by atoms with Gasteiger partial charge in [0.25, 0.3) is 0 Å². The molecule has 0 saturated heterocycles. The van der Waals surface area contributed by atoms with Crippen molar-refractivity contribution in [2.75, 3.05) is 39.6 Å². The molecule has 0 amide bonds. The Morgan fingerprint density at radius 1 is 0.304 bits per heavy atom. The Morgan fingerprint density at radius 3 is 0.772 bits per heavy atom. The van der Waals surface area contributed by atoms with E-state index < -0.39 is 97.5 Å². The number of unbranched alkanes of at least 4 members (excludes halogenated alkanes) is 35. The Balaban J connectivity index is 5.23. The monoisotopic (exact) mass is 1350 g/mol. The molecule has 546 valence electrons. The second-order valence-electron chi connectivity index (χ2n) is 28.0. The van der Waals surface area contributed by atoms with Crippen LogP contribution in [0.4, 0.5) is 0 Å². The van der Waals surface area contributed by atoms with Crippen molar-refractivity contribution < 1.29 is 80.2 Å². The first-order valence-electron chi connectivity index (χ1n) is 37.7. The summed E-state index contributed by atoms with van der Waals surface area (Å²) in [7, 11) is -9.91. The number of phosphoric ester groups is 2. The Kier molecular flexibility index (Phi) is 61.3. The lowest BCUT2D eigenvalue weighted by atomic mass is 9.99. The second kappa shape index (κ2) is 62.6. The van der Waals surface area contributed by atoms with Gasteiger partial charge in [-0.15, -0.1) is 0 Å². The minimum absolute atomic E-state index is 0.105. The maximum atomic E-state index is 13.0. The van der Waals surface area contributed by atoms with Gasteiger partial charge in [0.15, 0.2) is 12.2 Å². The van der Waals surface area contributed by atoms with Crippen molar-refractivity contribution in [1.82, 2.24) is 0 Å². The van der Waals surface area contributed by atoms with Crippen molar-refractivity contribution in [2.45, 2.75) is 382 Å². The number of phosphoric acid groups is 2. The van der Waals surface area contributed by atoms with Gasteiger partial charge >= 0.3 is 39.5 Å². The average molecular weight is 1350 g/mol. The van der Waals surface area contributed by atoms with Crippen LogP contribution in [0, 0.1) is 23.7 Å². The zero-order valence-electron chi connectivity index (χ0n) is 60.2. The van der Waals surface area contributed by atoms with E-state index in [4.69, 9.17) is 37.0 Å². The fraction of sp³-hybridized carbons (Fsp3) is 0.945. The molecule has 17 nitrogen and oxygen atoms in total. The van der Waals surface area contributed by atoms with E-state index in [9.17, 15) is 43.2 Å². The summed E-state index contributed by atoms with van der Waals surface area (Å²) < 4.78 is 68.4. The summed E-state index contributed by atoms with van der Waals surface area (Å²) in [5.41, 5.74) is 0. The average Bonchev–Trinajstić information content (AvgIpc) is 2.60. The molecule has 0 spiro atoms. The van der Waals surface area contributed by atoms with Gasteiger partial charge in [0.1, 0.15) is 19.3 Å². The predicted octanol–water partition coefficient (Wildman–Crippen LogP) is 20.9. The minimum Gasteiger partial charge on any atom is -0.462 e. The van der Waals surface area contributed by atoms with Gasteiger partial charge in [0.05, 0.1) is 26.4 Å². The maximum Gasteiger partial charge on any atom is 0.472 e. The normalized spacial score (nSPS) is 14.5. The van der Waals surface area contributed by atoms with Gasteiger partial charge in [0, 0.05) is 25.7 Å². The van der Waals surface area contributed by atoms with Gasteiger partial charge < -0.3 is 33.8 Å². The third-order valence-electron chi connectivity index (χ3n) is 17.2. The quantitative estimate of drug-likeness (QED) is 0.0222. The van der Waals surface area contributed by atoms with E-state index in [1.54, 1.807) is 0 Å². The molecular formula is C73H142O17P2. The van der Waals surface area contributed by atoms with Crippen molar-refractivity contribution in [3.8, 4) is 0 Å². The summed E-state index contributed by atoms with van der Waals surface area (Å²) in [4.78, 5) is 72.6. The molecule has 6 atom stereocenters. The molecule has 0 aliphatic carbocycles. The van der Waals surface area contributed by atoms with Crippen LogP contribution in [0.2, 0.25) is 0 Å². The molecule has 0 aromatic rings. The standard InChI is InChI=1S/C73H142O17P2/c1-9-66(8)52-44-36-27-23-24-28-37-45-53-70(75)83-59-68(89-73(78)56-48-40-30-22-18-14-16-20-26-34-42-50-64(4)5)61-87-91(79,80)85-57-67(74)58-86-92(81,82)88-62-69(60-84-71(76)54-46-38-32-31-35-43-51-65(6)7)90-72(77)55-47-39-29-21-17-13-11-10-12-15-19-25-33-41-49-63(2)3/h63-69,74H,9-62H2,1-8H3,(H,79,80)(H,81,82)/t66?,67-,68-,69-/m1/s1. The molecule has 0 aromatic carbocycles. The third kappa shape index (κ3) is 65.4. The smallest absolute Gasteiger partial charge is 0.462 e. The Labute approximate surface area is 562 Å². The summed E-state index contributed by atoms with van der Waals surface area (Å²) in [5.74, 6) is 0.891. The zero-order valence-corrected chi connectivity index (χ0v) is 62.0. The molecule has 19 heteroatoms. The number of aliphatic hydroxyl groups is 1. The molecule has 3 N–H and O–H groups in total. The van der Waals surface area contributed by atoms with E-state index in [1.807, 2.05) is 0 Å². The Morgan fingerprint density at radius 2 is 0.522 bits per heavy atom. The van der Waals surface area contributed by atoms with E-state index in [1.165, 1.54) is 161 Å². The predicted molar refractivity (Wildman–Crippen MR) is 372 cm³/mol. The first-order chi connectivity index (χ1) is 44.1. The summed E-state index contributed by atoms with van der Waals surface area (Å²) in [5, 5.41) is 10.6. The Hall–Kier alpha value is -1.94. The number of rotatable bonds is 70. The lowest BCUT2D eigenvalue weighted by Crippen LogP contribution is -2.30. The summed E-state index contributed by atoms with van der Waals surface area (Å²) in [6, 6.07) is 0. The molecule has 0 aromatic heterocycles. The minimum atomic E-state index is -4.95. The highest BCUT2D eigenvalue weighted by Gasteiger charge is 2.30. The number of carbonyl (C=O) groups excluding carboxylic acids is 4. The first-order valence-corrected chi connectivity index (χ1v) is 40.7. The highest BCUT2D eigenvalue weighted by Crippen LogP contribution is 2.45. The van der Waals surface area contributed by atoms with Crippen LogP contribution in [0.25, 0.3) is 0 Å². The highest BCUT2D eigenvalue weighted by atomic mass is 31.2. The van der Waals surface area contributed by atoms with Crippen LogP contribution < -0.4 is 0 Å². The van der Waals surface area contributed by atoms with Crippen molar-refractivity contribution in [3.05, 3.63) is 0 Å². The highest BCUT2D eigenvalue weighted by molar-refractivity contribution is 7.47. The van der Waals surface area contributed by atoms with Crippen LogP contribution in [-0.2, 0) is 65.4 Å². The summed E-state index contributed by atoms with van der Waals surface area (Å²) in [6.45, 7) is 14.1. The Bertz CT molecular complexity index is 1820. The second-order valence-corrected chi connectivity index (χ2v) is 30.9. The molecule has 3 unspecified atom stereocenters. The van der Waals surface area contributed by atoms with Crippen LogP contribution in [0.5, 0.6) is 0 Å². The number of aliphatic hydroxyl groups excluding tert-OH is 1. The van der Waals surface area contributed by atoms with Gasteiger partial charge in [-0.2, -0.15) is 0 Å². The van der Waals surface area contributed by atoms with Crippen LogP contribution in [-0.4, -0.2) is 96.7 Å². The van der Waals surface area contributed by atoms with Crippen molar-refractivity contribution in [1.29, 1.82) is 0 Å². The van der Waals surface area contributed by atoms with E-state index >= 15 is 0 Å². The zero-order chi connectivity index (χ0) is 68.2. The topological polar surface area (TPSA) is 237 Å². The lowest BCUT2D eigenvalue weighted by Gasteiger charge is -2.21. The van der Waals surface area contributed by atoms with E-state index in [2.05, 4.69) is 55.4 Å². The molecule has 92 heavy (non-hydrogen) atoms. The molecule has 0 aliphatic rings. The number of hydrogen-bond donors (Lipinski definition) is 3. The van der Waals surface area contributed by atoms with Crippen molar-refractivity contribution in [3.63, 3.8) is 0 Å². The van der Waals surface area contributed by atoms with Gasteiger partial charge in [-0.3, -0.25) is 37.3 Å². The van der Waals surface area contributed by atoms with Crippen molar-refractivity contribution in [2.24, 2.45) is 23.7 Å². The summed E-state index contributed by atoms with van der Waals surface area (Å²) >= 11 is 0. The first kappa shape index (κ1) is 90.1. The molecule has 0 heterocycles. The van der Waals surface area contributed by atoms with E-state index in [-0.39, 0.29) is 25.7 Å². The van der Waals surface area contributed by atoms with Crippen LogP contribution in [0.3, 0.4) is 0 Å². The van der Waals surface area contributed by atoms with Crippen LogP contribution in [0.1, 0.15) is 364 Å². The molecule has 0 saturated carbocycles. The molecule has 0 fully saturated rings. The molecule has 0 rings (SSSR count). The van der Waals surface area contributed by atoms with Crippen LogP contribution in [0.15, 0.2) is 0 Å². The SMILES string of the molecule is CCC(C)CCCCCCCCCCC(=O)OC[C@H](COP(=O)(O)OC[C@@H](O)COP(=O)(O)OC[C@@H](COC(=O)CCCCCCCCC(C)C)OC(=O)CCCCCCCCCCCCCCCCC(C)C)OC(=O)CCCCCCCCCCCCCC(C)C. The molecular weight excluding hydrogens is 1210 g/mol. The number of esters is 4. The van der Waals surface area contributed by atoms with Gasteiger partial charge in [0.2, 0.25) is 0 Å². The van der Waals surface area contributed by atoms with E-state index in [0.717, 1.165) is 114 Å². The number of ether oxygens (including phenoxy) is 4. The largest absolute Gasteiger partial charge is 0.472 e. The third-order valence-corrected chi connectivity index (χ3v) is 19.1. The van der Waals surface area contributed by atoms with Gasteiger partial charge in [-0.25, -0.2) is 9.13 Å². The van der Waals surface area contributed by atoms with Gasteiger partial charge in [-0.1, -0.05) is 312 Å². The molecule has 0 aliphatic heterocycles. The van der Waals surface area contributed by atoms with Gasteiger partial charge in [-0.05, 0) is 49.4 Å². The molecule has 0 radical (unpaired) electrons. The van der Waals surface area contributed by atoms with Crippen LogP contribution >= 0.6 is 15.6 Å². The number of carbonyl (C=O) groups is 4. The molecule has 0 bridgehead atoms. The van der Waals surface area contributed by atoms with E-state index in [0.29, 0.717) is 31.6 Å². The fourth-order valence-corrected chi connectivity index (χ4v) is 12.6. The number of hydrogen-bond acceptors (Lipinski definition) is 15. The fourth-order valence-electron chi connectivity index (χ4n) is 11.0. The van der Waals surface area contributed by atoms with Crippen molar-refractivity contribution >= 4 is 39.5 Å². The summed E-state index contributed by atoms with van der Waals surface area (Å²) in [6.07, 6.45) is 45.9. The maximum absolute atomic E-state index is 13.0. The lowest BCUT2D eigenvalue weighted by molar-refractivity contribution is -0.161.